The molecule has 3 N–H and O–H groups in total. The Kier molecular flexibility index (Phi) is 5.89. The van der Waals surface area contributed by atoms with Crippen molar-refractivity contribution in [1.82, 2.24) is 10.6 Å². The van der Waals surface area contributed by atoms with Gasteiger partial charge in [0, 0.05) is 12.1 Å². The molecule has 138 valence electrons. The molecule has 2 aromatic rings. The van der Waals surface area contributed by atoms with Crippen molar-refractivity contribution in [3.63, 3.8) is 0 Å². The molecule has 0 heterocycles. The lowest BCUT2D eigenvalue weighted by atomic mass is 9.89. The van der Waals surface area contributed by atoms with Crippen molar-refractivity contribution in [2.24, 2.45) is 0 Å². The van der Waals surface area contributed by atoms with Crippen molar-refractivity contribution in [3.8, 4) is 0 Å². The monoisotopic (exact) mass is 356 g/mol. The molecule has 0 unspecified atom stereocenters. The van der Waals surface area contributed by atoms with Crippen LogP contribution in [0.1, 0.15) is 54.2 Å². The number of halogens is 1. The average Bonchev–Trinajstić information content (AvgIpc) is 2.66. The highest BCUT2D eigenvalue weighted by molar-refractivity contribution is 5.74. The highest BCUT2D eigenvalue weighted by Gasteiger charge is 2.16. The largest absolute Gasteiger partial charge is 0.386 e. The fourth-order valence-electron chi connectivity index (χ4n) is 3.40. The molecule has 4 nitrogen and oxygen atoms in total. The molecule has 0 aliphatic heterocycles. The lowest BCUT2D eigenvalue weighted by Gasteiger charge is -2.20. The highest BCUT2D eigenvalue weighted by Crippen LogP contribution is 2.24. The third kappa shape index (κ3) is 4.41. The molecule has 0 spiro atoms. The van der Waals surface area contributed by atoms with E-state index in [9.17, 15) is 14.3 Å². The van der Waals surface area contributed by atoms with Crippen LogP contribution in [0.25, 0.3) is 0 Å². The minimum absolute atomic E-state index is 0.0519. The number of nitrogens with one attached hydrogen (secondary N) is 2. The van der Waals surface area contributed by atoms with Gasteiger partial charge in [-0.05, 0) is 55.4 Å². The number of carbonyl (C=O) groups excluding carboxylic acids is 1. The summed E-state index contributed by atoms with van der Waals surface area (Å²) in [6.45, 7) is 1.88. The zero-order valence-corrected chi connectivity index (χ0v) is 15.0. The van der Waals surface area contributed by atoms with Crippen LogP contribution in [0.4, 0.5) is 9.18 Å². The lowest BCUT2D eigenvalue weighted by Crippen LogP contribution is -2.39. The Labute approximate surface area is 153 Å². The molecular weight excluding hydrogens is 331 g/mol. The molecule has 1 aliphatic carbocycles. The first-order valence-electron chi connectivity index (χ1n) is 9.13. The van der Waals surface area contributed by atoms with Gasteiger partial charge in [-0.15, -0.1) is 0 Å². The number of benzene rings is 2. The quantitative estimate of drug-likeness (QED) is 0.763. The number of rotatable bonds is 5. The second-order valence-corrected chi connectivity index (χ2v) is 6.85. The Morgan fingerprint density at radius 3 is 2.65 bits per heavy atom. The molecule has 5 heteroatoms. The summed E-state index contributed by atoms with van der Waals surface area (Å²) in [7, 11) is 0. The number of hydrogen-bond donors (Lipinski definition) is 3. The van der Waals surface area contributed by atoms with Crippen LogP contribution < -0.4 is 10.6 Å². The number of fused-ring (bicyclic) bond motifs is 1. The number of aryl methyl sites for hydroxylation is 2. The Bertz CT molecular complexity index is 778. The van der Waals surface area contributed by atoms with Gasteiger partial charge in [0.1, 0.15) is 5.82 Å². The molecule has 0 saturated heterocycles. The third-order valence-electron chi connectivity index (χ3n) is 4.94. The van der Waals surface area contributed by atoms with Gasteiger partial charge in [-0.1, -0.05) is 36.4 Å². The summed E-state index contributed by atoms with van der Waals surface area (Å²) in [5, 5.41) is 15.5. The maximum Gasteiger partial charge on any atom is 0.315 e. The Morgan fingerprint density at radius 2 is 1.88 bits per heavy atom. The lowest BCUT2D eigenvalue weighted by molar-refractivity contribution is 0.168. The summed E-state index contributed by atoms with van der Waals surface area (Å²) >= 11 is 0. The van der Waals surface area contributed by atoms with E-state index in [1.807, 2.05) is 6.92 Å². The fraction of sp³-hybridized carbons (Fsp3) is 0.381. The molecule has 26 heavy (non-hydrogen) atoms. The van der Waals surface area contributed by atoms with Crippen molar-refractivity contribution in [2.45, 2.75) is 44.8 Å². The molecule has 0 saturated carbocycles. The Hall–Kier alpha value is -2.40. The molecule has 2 aromatic carbocycles. The first kappa shape index (κ1) is 18.4. The summed E-state index contributed by atoms with van der Waals surface area (Å²) < 4.78 is 13.6. The van der Waals surface area contributed by atoms with E-state index < -0.39 is 11.9 Å². The van der Waals surface area contributed by atoms with Gasteiger partial charge in [0.2, 0.25) is 0 Å². The van der Waals surface area contributed by atoms with Gasteiger partial charge < -0.3 is 15.7 Å². The fourth-order valence-corrected chi connectivity index (χ4v) is 3.40. The van der Waals surface area contributed by atoms with Gasteiger partial charge in [-0.25, -0.2) is 9.18 Å². The van der Waals surface area contributed by atoms with Crippen LogP contribution in [0, 0.1) is 5.82 Å². The van der Waals surface area contributed by atoms with E-state index in [2.05, 4.69) is 28.8 Å². The van der Waals surface area contributed by atoms with Crippen LogP contribution in [-0.4, -0.2) is 17.7 Å². The average molecular weight is 356 g/mol. The van der Waals surface area contributed by atoms with E-state index in [0.717, 1.165) is 18.4 Å². The summed E-state index contributed by atoms with van der Waals surface area (Å²) in [5.74, 6) is -0.482. The summed E-state index contributed by atoms with van der Waals surface area (Å²) in [5.41, 5.74) is 4.02. The van der Waals surface area contributed by atoms with E-state index in [1.54, 1.807) is 12.1 Å². The SMILES string of the molecule is C[C@@H](NC(=O)NC[C@H](O)c1ccccc1F)c1ccc2c(c1)CCCC2. The predicted octanol–water partition coefficient (Wildman–Crippen LogP) is 3.80. The molecule has 0 aromatic heterocycles. The first-order chi connectivity index (χ1) is 12.5. The maximum atomic E-state index is 13.6. The second-order valence-electron chi connectivity index (χ2n) is 6.85. The van der Waals surface area contributed by atoms with E-state index in [4.69, 9.17) is 0 Å². The standard InChI is InChI=1S/C21H25FN2O2/c1-14(16-11-10-15-6-2-3-7-17(15)12-16)24-21(26)23-13-20(25)18-8-4-5-9-19(18)22/h4-5,8-12,14,20,25H,2-3,6-7,13H2,1H3,(H2,23,24,26)/t14-,20+/m1/s1. The van der Waals surface area contributed by atoms with Crippen LogP contribution in [0.15, 0.2) is 42.5 Å². The third-order valence-corrected chi connectivity index (χ3v) is 4.94. The summed E-state index contributed by atoms with van der Waals surface area (Å²) in [4.78, 5) is 12.1. The van der Waals surface area contributed by atoms with Crippen LogP contribution in [-0.2, 0) is 12.8 Å². The molecule has 0 fully saturated rings. The number of urea groups is 1. The van der Waals surface area contributed by atoms with E-state index in [1.165, 1.54) is 36.1 Å². The Balaban J connectivity index is 1.54. The minimum atomic E-state index is -1.08. The van der Waals surface area contributed by atoms with Crippen LogP contribution in [0.3, 0.4) is 0 Å². The molecule has 2 amide bonds. The van der Waals surface area contributed by atoms with Gasteiger partial charge in [0.15, 0.2) is 0 Å². The molecule has 1 aliphatic rings. The van der Waals surface area contributed by atoms with E-state index in [0.29, 0.717) is 0 Å². The smallest absolute Gasteiger partial charge is 0.315 e. The topological polar surface area (TPSA) is 61.4 Å². The molecule has 3 rings (SSSR count). The Morgan fingerprint density at radius 1 is 1.15 bits per heavy atom. The van der Waals surface area contributed by atoms with E-state index in [-0.39, 0.29) is 24.2 Å². The number of aliphatic hydroxyl groups excluding tert-OH is 1. The first-order valence-corrected chi connectivity index (χ1v) is 9.13. The molecular formula is C21H25FN2O2. The van der Waals surface area contributed by atoms with Crippen LogP contribution in [0.2, 0.25) is 0 Å². The zero-order chi connectivity index (χ0) is 18.5. The van der Waals surface area contributed by atoms with Crippen molar-refractivity contribution >= 4 is 6.03 Å². The van der Waals surface area contributed by atoms with Crippen LogP contribution in [0.5, 0.6) is 0 Å². The number of carbonyl (C=O) groups is 1. The van der Waals surface area contributed by atoms with E-state index >= 15 is 0 Å². The number of hydrogen-bond acceptors (Lipinski definition) is 2. The zero-order valence-electron chi connectivity index (χ0n) is 15.0. The van der Waals surface area contributed by atoms with Gasteiger partial charge in [-0.2, -0.15) is 0 Å². The van der Waals surface area contributed by atoms with Crippen molar-refractivity contribution in [2.75, 3.05) is 6.54 Å². The van der Waals surface area contributed by atoms with Crippen molar-refractivity contribution in [1.29, 1.82) is 0 Å². The van der Waals surface area contributed by atoms with Crippen LogP contribution >= 0.6 is 0 Å². The molecule has 0 bridgehead atoms. The summed E-state index contributed by atoms with van der Waals surface area (Å²) in [6.07, 6.45) is 3.60. The van der Waals surface area contributed by atoms with Gasteiger partial charge in [-0.3, -0.25) is 0 Å². The van der Waals surface area contributed by atoms with Gasteiger partial charge in [0.25, 0.3) is 0 Å². The molecule has 0 radical (unpaired) electrons. The van der Waals surface area contributed by atoms with Gasteiger partial charge in [0.05, 0.1) is 12.1 Å². The molecule has 2 atom stereocenters. The normalized spacial score (nSPS) is 15.7. The summed E-state index contributed by atoms with van der Waals surface area (Å²) in [6, 6.07) is 11.9. The van der Waals surface area contributed by atoms with Crippen molar-refractivity contribution in [3.05, 3.63) is 70.5 Å². The highest BCUT2D eigenvalue weighted by atomic mass is 19.1. The number of amides is 2. The number of aliphatic hydroxyl groups is 1. The predicted molar refractivity (Wildman–Crippen MR) is 99.4 cm³/mol. The second kappa shape index (κ2) is 8.32. The maximum absolute atomic E-state index is 13.6. The van der Waals surface area contributed by atoms with Crippen molar-refractivity contribution < 1.29 is 14.3 Å². The van der Waals surface area contributed by atoms with Gasteiger partial charge >= 0.3 is 6.03 Å². The minimum Gasteiger partial charge on any atom is -0.386 e.